The van der Waals surface area contributed by atoms with E-state index in [-0.39, 0.29) is 13.2 Å². The van der Waals surface area contributed by atoms with Crippen LogP contribution in [0.5, 0.6) is 11.5 Å². The second kappa shape index (κ2) is 4.21. The number of carbonyl (C=O) groups is 1. The Morgan fingerprint density at radius 3 is 2.93 bits per heavy atom. The summed E-state index contributed by atoms with van der Waals surface area (Å²) in [4.78, 5) is 10.2. The van der Waals surface area contributed by atoms with Crippen molar-refractivity contribution in [1.82, 2.24) is 0 Å². The van der Waals surface area contributed by atoms with Crippen LogP contribution in [-0.4, -0.2) is 12.8 Å². The predicted octanol–water partition coefficient (Wildman–Crippen LogP) is 0.488. The zero-order valence-electron chi connectivity index (χ0n) is 8.19. The lowest BCUT2D eigenvalue weighted by Gasteiger charge is -2.03. The summed E-state index contributed by atoms with van der Waals surface area (Å²) in [7, 11) is 0. The molecule has 0 saturated carbocycles. The van der Waals surface area contributed by atoms with Crippen molar-refractivity contribution in [1.29, 1.82) is 0 Å². The fraction of sp³-hybridized carbons (Fsp3) is 0.364. The van der Waals surface area contributed by atoms with Gasteiger partial charge in [0.1, 0.15) is 0 Å². The van der Waals surface area contributed by atoms with E-state index in [2.05, 4.69) is 0 Å². The number of fused-ring (bicyclic) bond motifs is 1. The summed E-state index contributed by atoms with van der Waals surface area (Å²) in [5.74, 6) is 0.482. The molecule has 4 nitrogen and oxygen atoms in total. The van der Waals surface area contributed by atoms with Gasteiger partial charge in [0.25, 0.3) is 0 Å². The van der Waals surface area contributed by atoms with Gasteiger partial charge in [-0.15, -0.1) is 0 Å². The van der Waals surface area contributed by atoms with Gasteiger partial charge in [-0.3, -0.25) is 0 Å². The number of benzene rings is 1. The first-order valence-corrected chi connectivity index (χ1v) is 4.84. The predicted molar refractivity (Wildman–Crippen MR) is 50.5 cm³/mol. The van der Waals surface area contributed by atoms with E-state index in [0.29, 0.717) is 12.8 Å². The number of carboxylic acids is 1. The van der Waals surface area contributed by atoms with Crippen molar-refractivity contribution < 1.29 is 19.4 Å². The molecule has 0 amide bonds. The molecule has 0 saturated heterocycles. The molecule has 2 rings (SSSR count). The average Bonchev–Trinajstić information content (AvgIpc) is 2.64. The van der Waals surface area contributed by atoms with E-state index in [1.54, 1.807) is 0 Å². The third-order valence-corrected chi connectivity index (χ3v) is 2.28. The van der Waals surface area contributed by atoms with Crippen molar-refractivity contribution in [3.05, 3.63) is 23.8 Å². The van der Waals surface area contributed by atoms with Crippen LogP contribution >= 0.6 is 0 Å². The summed E-state index contributed by atoms with van der Waals surface area (Å²) in [5.41, 5.74) is 1.06. The third kappa shape index (κ3) is 2.40. The lowest BCUT2D eigenvalue weighted by Crippen LogP contribution is -2.21. The molecule has 15 heavy (non-hydrogen) atoms. The minimum atomic E-state index is -1.00. The summed E-state index contributed by atoms with van der Waals surface area (Å²) < 4.78 is 10.4. The largest absolute Gasteiger partial charge is 0.550 e. The lowest BCUT2D eigenvalue weighted by atomic mass is 10.1. The summed E-state index contributed by atoms with van der Waals surface area (Å²) in [6.45, 7) is 0.262. The number of carboxylic acid groups (broad SMARTS) is 1. The standard InChI is InChI=1S/C11H12O4/c12-11(13)3-1-2-8-4-5-9-10(6-8)15-7-14-9/h4-6H,1-3,7H2,(H,12,13)/p-1. The van der Waals surface area contributed by atoms with Gasteiger partial charge in [-0.05, 0) is 37.0 Å². The molecule has 0 N–H and O–H groups in total. The summed E-state index contributed by atoms with van der Waals surface area (Å²) in [6.07, 6.45) is 1.39. The molecule has 0 aromatic heterocycles. The third-order valence-electron chi connectivity index (χ3n) is 2.28. The first-order valence-electron chi connectivity index (χ1n) is 4.84. The zero-order chi connectivity index (χ0) is 10.7. The van der Waals surface area contributed by atoms with Crippen molar-refractivity contribution in [2.24, 2.45) is 0 Å². The number of hydrogen-bond acceptors (Lipinski definition) is 4. The van der Waals surface area contributed by atoms with Gasteiger partial charge in [-0.2, -0.15) is 0 Å². The number of carbonyl (C=O) groups excluding carboxylic acids is 1. The van der Waals surface area contributed by atoms with Gasteiger partial charge >= 0.3 is 0 Å². The highest BCUT2D eigenvalue weighted by Crippen LogP contribution is 2.32. The van der Waals surface area contributed by atoms with Crippen molar-refractivity contribution >= 4 is 5.97 Å². The quantitative estimate of drug-likeness (QED) is 0.720. The minimum Gasteiger partial charge on any atom is -0.550 e. The van der Waals surface area contributed by atoms with Crippen LogP contribution in [0.2, 0.25) is 0 Å². The molecule has 0 atom stereocenters. The van der Waals surface area contributed by atoms with Crippen LogP contribution in [0.25, 0.3) is 0 Å². The van der Waals surface area contributed by atoms with Gasteiger partial charge < -0.3 is 19.4 Å². The fourth-order valence-corrected chi connectivity index (χ4v) is 1.53. The molecule has 0 bridgehead atoms. The Morgan fingerprint density at radius 2 is 2.13 bits per heavy atom. The number of rotatable bonds is 4. The molecule has 1 heterocycles. The van der Waals surface area contributed by atoms with Gasteiger partial charge in [0.05, 0.1) is 0 Å². The van der Waals surface area contributed by atoms with Crippen LogP contribution in [0, 0.1) is 0 Å². The zero-order valence-corrected chi connectivity index (χ0v) is 8.19. The van der Waals surface area contributed by atoms with Crippen molar-refractivity contribution in [3.8, 4) is 11.5 Å². The second-order valence-electron chi connectivity index (χ2n) is 3.41. The highest BCUT2D eigenvalue weighted by Gasteiger charge is 2.12. The van der Waals surface area contributed by atoms with Crippen LogP contribution in [0.1, 0.15) is 18.4 Å². The maximum Gasteiger partial charge on any atom is 0.231 e. The first kappa shape index (κ1) is 9.83. The average molecular weight is 207 g/mol. The van der Waals surface area contributed by atoms with E-state index in [1.807, 2.05) is 18.2 Å². The van der Waals surface area contributed by atoms with E-state index < -0.39 is 5.97 Å². The maximum absolute atomic E-state index is 10.2. The van der Waals surface area contributed by atoms with Crippen LogP contribution in [0.3, 0.4) is 0 Å². The number of ether oxygens (including phenoxy) is 2. The highest BCUT2D eigenvalue weighted by atomic mass is 16.7. The second-order valence-corrected chi connectivity index (χ2v) is 3.41. The SMILES string of the molecule is O=C([O-])CCCc1ccc2c(c1)OCO2. The van der Waals surface area contributed by atoms with Crippen molar-refractivity contribution in [3.63, 3.8) is 0 Å². The number of aryl methyl sites for hydroxylation is 1. The van der Waals surface area contributed by atoms with Gasteiger partial charge in [0.15, 0.2) is 11.5 Å². The molecule has 0 spiro atoms. The molecule has 1 aliphatic heterocycles. The van der Waals surface area contributed by atoms with Gasteiger partial charge in [-0.1, -0.05) is 6.07 Å². The minimum absolute atomic E-state index is 0.0917. The molecular formula is C11H11O4-. The maximum atomic E-state index is 10.2. The van der Waals surface area contributed by atoms with Crippen LogP contribution in [-0.2, 0) is 11.2 Å². The normalized spacial score (nSPS) is 12.8. The van der Waals surface area contributed by atoms with Crippen molar-refractivity contribution in [2.75, 3.05) is 6.79 Å². The molecule has 0 fully saturated rings. The van der Waals surface area contributed by atoms with E-state index >= 15 is 0 Å². The molecule has 1 aliphatic rings. The molecule has 0 radical (unpaired) electrons. The van der Waals surface area contributed by atoms with E-state index in [1.165, 1.54) is 0 Å². The Labute approximate surface area is 87.4 Å². The van der Waals surface area contributed by atoms with Gasteiger partial charge in [0, 0.05) is 5.97 Å². The van der Waals surface area contributed by atoms with E-state index in [4.69, 9.17) is 9.47 Å². The summed E-state index contributed by atoms with van der Waals surface area (Å²) >= 11 is 0. The Hall–Kier alpha value is -1.71. The van der Waals surface area contributed by atoms with Crippen molar-refractivity contribution in [2.45, 2.75) is 19.3 Å². The highest BCUT2D eigenvalue weighted by molar-refractivity contribution is 5.64. The Morgan fingerprint density at radius 1 is 1.33 bits per heavy atom. The van der Waals surface area contributed by atoms with Gasteiger partial charge in [0.2, 0.25) is 6.79 Å². The van der Waals surface area contributed by atoms with Crippen LogP contribution < -0.4 is 14.6 Å². The van der Waals surface area contributed by atoms with E-state index in [9.17, 15) is 9.90 Å². The molecule has 4 heteroatoms. The first-order chi connectivity index (χ1) is 7.25. The summed E-state index contributed by atoms with van der Waals surface area (Å²) in [5, 5.41) is 10.2. The number of hydrogen-bond donors (Lipinski definition) is 0. The smallest absolute Gasteiger partial charge is 0.231 e. The molecule has 80 valence electrons. The molecular weight excluding hydrogens is 196 g/mol. The monoisotopic (exact) mass is 207 g/mol. The Kier molecular flexibility index (Phi) is 2.76. The molecule has 0 unspecified atom stereocenters. The molecule has 0 aliphatic carbocycles. The topological polar surface area (TPSA) is 58.6 Å². The Balaban J connectivity index is 1.95. The lowest BCUT2D eigenvalue weighted by molar-refractivity contribution is -0.305. The van der Waals surface area contributed by atoms with E-state index in [0.717, 1.165) is 17.1 Å². The van der Waals surface area contributed by atoms with Gasteiger partial charge in [-0.25, -0.2) is 0 Å². The van der Waals surface area contributed by atoms with Crippen LogP contribution in [0.4, 0.5) is 0 Å². The number of aliphatic carboxylic acids is 1. The molecule has 1 aromatic rings. The molecule has 1 aromatic carbocycles. The summed E-state index contributed by atoms with van der Waals surface area (Å²) in [6, 6.07) is 5.65. The van der Waals surface area contributed by atoms with Crippen LogP contribution in [0.15, 0.2) is 18.2 Å². The Bertz CT molecular complexity index is 373. The fourth-order valence-electron chi connectivity index (χ4n) is 1.53.